The first kappa shape index (κ1) is 10.4. The average Bonchev–Trinajstić information content (AvgIpc) is 2.16. The second-order valence-corrected chi connectivity index (χ2v) is 5.40. The van der Waals surface area contributed by atoms with Gasteiger partial charge in [-0.2, -0.15) is 0 Å². The van der Waals surface area contributed by atoms with Crippen LogP contribution in [0.25, 0.3) is 0 Å². The van der Waals surface area contributed by atoms with Gasteiger partial charge in [0.2, 0.25) is 0 Å². The Bertz CT molecular complexity index is 177. The Morgan fingerprint density at radius 2 is 1.93 bits per heavy atom. The molecule has 2 aliphatic rings. The van der Waals surface area contributed by atoms with E-state index in [0.717, 1.165) is 11.8 Å². The van der Waals surface area contributed by atoms with E-state index in [2.05, 4.69) is 11.8 Å². The lowest BCUT2D eigenvalue weighted by Gasteiger charge is -2.41. The van der Waals surface area contributed by atoms with Crippen LogP contribution in [0.1, 0.15) is 32.6 Å². The van der Waals surface area contributed by atoms with Gasteiger partial charge in [0.25, 0.3) is 0 Å². The minimum atomic E-state index is 0.410. The molecule has 2 heteroatoms. The molecule has 2 nitrogen and oxygen atoms in total. The summed E-state index contributed by atoms with van der Waals surface area (Å²) >= 11 is 0. The predicted molar refractivity (Wildman–Crippen MR) is 58.1 cm³/mol. The monoisotopic (exact) mass is 197 g/mol. The maximum absolute atomic E-state index is 9.14. The highest BCUT2D eigenvalue weighted by Gasteiger charge is 2.28. The van der Waals surface area contributed by atoms with Crippen LogP contribution in [0.15, 0.2) is 0 Å². The van der Waals surface area contributed by atoms with Gasteiger partial charge in [-0.25, -0.2) is 0 Å². The molecule has 0 spiro atoms. The third kappa shape index (κ3) is 2.48. The summed E-state index contributed by atoms with van der Waals surface area (Å²) in [6.45, 7) is 6.64. The molecule has 0 bridgehead atoms. The fourth-order valence-electron chi connectivity index (χ4n) is 3.08. The number of hydrogen-bond acceptors (Lipinski definition) is 2. The van der Waals surface area contributed by atoms with E-state index in [9.17, 15) is 0 Å². The van der Waals surface area contributed by atoms with Gasteiger partial charge in [0, 0.05) is 26.2 Å². The highest BCUT2D eigenvalue weighted by atomic mass is 16.3. The molecule has 2 atom stereocenters. The van der Waals surface area contributed by atoms with Crippen molar-refractivity contribution in [3.05, 3.63) is 0 Å². The molecule has 14 heavy (non-hydrogen) atoms. The molecule has 1 heterocycles. The van der Waals surface area contributed by atoms with Crippen molar-refractivity contribution >= 4 is 0 Å². The first-order valence-electron chi connectivity index (χ1n) is 6.11. The molecule has 2 unspecified atom stereocenters. The molecule has 1 saturated heterocycles. The van der Waals surface area contributed by atoms with Crippen LogP contribution in [0.5, 0.6) is 0 Å². The van der Waals surface area contributed by atoms with Crippen molar-refractivity contribution in [2.75, 3.05) is 26.2 Å². The standard InChI is InChI=1S/C12H23NO/c1-10-6-13(7-10)8-11-3-2-4-12(5-11)9-14/h10-12,14H,2-9H2,1H3. The zero-order valence-corrected chi connectivity index (χ0v) is 9.28. The highest BCUT2D eigenvalue weighted by Crippen LogP contribution is 2.30. The van der Waals surface area contributed by atoms with Crippen LogP contribution >= 0.6 is 0 Å². The third-order valence-electron chi connectivity index (χ3n) is 3.81. The Hall–Kier alpha value is -0.0800. The zero-order valence-electron chi connectivity index (χ0n) is 9.28. The summed E-state index contributed by atoms with van der Waals surface area (Å²) in [6, 6.07) is 0. The molecule has 1 saturated carbocycles. The Morgan fingerprint density at radius 1 is 1.21 bits per heavy atom. The summed E-state index contributed by atoms with van der Waals surface area (Å²) in [7, 11) is 0. The van der Waals surface area contributed by atoms with Crippen LogP contribution < -0.4 is 0 Å². The predicted octanol–water partition coefficient (Wildman–Crippen LogP) is 1.74. The smallest absolute Gasteiger partial charge is 0.0459 e. The molecule has 1 aliphatic heterocycles. The summed E-state index contributed by atoms with van der Waals surface area (Å²) in [6.07, 6.45) is 5.24. The van der Waals surface area contributed by atoms with Crippen molar-refractivity contribution in [1.82, 2.24) is 4.90 Å². The molecule has 82 valence electrons. The average molecular weight is 197 g/mol. The van der Waals surface area contributed by atoms with Crippen molar-refractivity contribution in [2.24, 2.45) is 17.8 Å². The number of aliphatic hydroxyl groups is 1. The minimum absolute atomic E-state index is 0.410. The fourth-order valence-corrected chi connectivity index (χ4v) is 3.08. The van der Waals surface area contributed by atoms with E-state index in [-0.39, 0.29) is 0 Å². The summed E-state index contributed by atoms with van der Waals surface area (Å²) in [5, 5.41) is 9.14. The van der Waals surface area contributed by atoms with Gasteiger partial charge >= 0.3 is 0 Å². The quantitative estimate of drug-likeness (QED) is 0.745. The molecular formula is C12H23NO. The van der Waals surface area contributed by atoms with Gasteiger partial charge in [-0.1, -0.05) is 13.3 Å². The highest BCUT2D eigenvalue weighted by molar-refractivity contribution is 4.81. The van der Waals surface area contributed by atoms with E-state index in [4.69, 9.17) is 5.11 Å². The van der Waals surface area contributed by atoms with Crippen LogP contribution in [0, 0.1) is 17.8 Å². The summed E-state index contributed by atoms with van der Waals surface area (Å²) in [5.41, 5.74) is 0. The van der Waals surface area contributed by atoms with Crippen LogP contribution in [0.4, 0.5) is 0 Å². The second-order valence-electron chi connectivity index (χ2n) is 5.40. The van der Waals surface area contributed by atoms with Crippen molar-refractivity contribution in [2.45, 2.75) is 32.6 Å². The van der Waals surface area contributed by atoms with Gasteiger partial charge in [0.1, 0.15) is 0 Å². The summed E-state index contributed by atoms with van der Waals surface area (Å²) in [4.78, 5) is 2.58. The van der Waals surface area contributed by atoms with Gasteiger partial charge in [0.15, 0.2) is 0 Å². The molecule has 0 radical (unpaired) electrons. The first-order chi connectivity index (χ1) is 6.78. The Balaban J connectivity index is 1.69. The maximum Gasteiger partial charge on any atom is 0.0459 e. The minimum Gasteiger partial charge on any atom is -0.396 e. The molecule has 0 aromatic carbocycles. The van der Waals surface area contributed by atoms with Gasteiger partial charge in [0.05, 0.1) is 0 Å². The number of nitrogens with zero attached hydrogens (tertiary/aromatic N) is 1. The van der Waals surface area contributed by atoms with Crippen molar-refractivity contribution in [1.29, 1.82) is 0 Å². The van der Waals surface area contributed by atoms with E-state index in [1.807, 2.05) is 0 Å². The molecule has 2 fully saturated rings. The molecule has 0 aromatic heterocycles. The first-order valence-corrected chi connectivity index (χ1v) is 6.11. The lowest BCUT2D eigenvalue weighted by molar-refractivity contribution is 0.0675. The number of hydrogen-bond donors (Lipinski definition) is 1. The molecule has 0 amide bonds. The molecule has 2 rings (SSSR count). The van der Waals surface area contributed by atoms with Gasteiger partial charge in [-0.15, -0.1) is 0 Å². The third-order valence-corrected chi connectivity index (χ3v) is 3.81. The zero-order chi connectivity index (χ0) is 9.97. The number of likely N-dealkylation sites (tertiary alicyclic amines) is 1. The van der Waals surface area contributed by atoms with E-state index < -0.39 is 0 Å². The SMILES string of the molecule is CC1CN(CC2CCCC(CO)C2)C1. The Morgan fingerprint density at radius 3 is 2.57 bits per heavy atom. The lowest BCUT2D eigenvalue weighted by Crippen LogP contribution is -2.47. The van der Waals surface area contributed by atoms with E-state index in [0.29, 0.717) is 12.5 Å². The van der Waals surface area contributed by atoms with Gasteiger partial charge in [-0.05, 0) is 37.0 Å². The maximum atomic E-state index is 9.14. The topological polar surface area (TPSA) is 23.5 Å². The van der Waals surface area contributed by atoms with Crippen LogP contribution in [-0.4, -0.2) is 36.2 Å². The molecular weight excluding hydrogens is 174 g/mol. The number of aliphatic hydroxyl groups excluding tert-OH is 1. The molecule has 1 aliphatic carbocycles. The molecule has 0 aromatic rings. The Labute approximate surface area is 87.3 Å². The molecule has 1 N–H and O–H groups in total. The van der Waals surface area contributed by atoms with Crippen molar-refractivity contribution in [3.63, 3.8) is 0 Å². The summed E-state index contributed by atoms with van der Waals surface area (Å²) < 4.78 is 0. The Kier molecular flexibility index (Phi) is 3.45. The van der Waals surface area contributed by atoms with Crippen molar-refractivity contribution in [3.8, 4) is 0 Å². The largest absolute Gasteiger partial charge is 0.396 e. The van der Waals surface area contributed by atoms with Gasteiger partial charge in [-0.3, -0.25) is 0 Å². The fraction of sp³-hybridized carbons (Fsp3) is 1.00. The van der Waals surface area contributed by atoms with Crippen LogP contribution in [-0.2, 0) is 0 Å². The summed E-state index contributed by atoms with van der Waals surface area (Å²) in [5.74, 6) is 2.40. The second kappa shape index (κ2) is 4.63. The van der Waals surface area contributed by atoms with E-state index >= 15 is 0 Å². The van der Waals surface area contributed by atoms with E-state index in [1.165, 1.54) is 45.3 Å². The normalized spacial score (nSPS) is 35.6. The van der Waals surface area contributed by atoms with Gasteiger partial charge < -0.3 is 10.0 Å². The lowest BCUT2D eigenvalue weighted by atomic mass is 9.81. The van der Waals surface area contributed by atoms with Crippen molar-refractivity contribution < 1.29 is 5.11 Å². The van der Waals surface area contributed by atoms with Crippen LogP contribution in [0.2, 0.25) is 0 Å². The number of rotatable bonds is 3. The van der Waals surface area contributed by atoms with Crippen LogP contribution in [0.3, 0.4) is 0 Å². The van der Waals surface area contributed by atoms with E-state index in [1.54, 1.807) is 0 Å².